The lowest BCUT2D eigenvalue weighted by Crippen LogP contribution is -2.32. The van der Waals surface area contributed by atoms with Gasteiger partial charge in [0.15, 0.2) is 0 Å². The van der Waals surface area contributed by atoms with Crippen LogP contribution in [0.25, 0.3) is 0 Å². The number of amides is 1. The molecule has 0 aromatic heterocycles. The quantitative estimate of drug-likeness (QED) is 0.810. The molecule has 2 N–H and O–H groups in total. The summed E-state index contributed by atoms with van der Waals surface area (Å²) < 4.78 is 5.54. The van der Waals surface area contributed by atoms with Crippen molar-refractivity contribution in [2.24, 2.45) is 11.8 Å². The second-order valence-electron chi connectivity index (χ2n) is 5.85. The Balaban J connectivity index is 1.62. The van der Waals surface area contributed by atoms with Gasteiger partial charge in [-0.2, -0.15) is 0 Å². The molecule has 0 radical (unpaired) electrons. The Morgan fingerprint density at radius 1 is 1.29 bits per heavy atom. The van der Waals surface area contributed by atoms with Gasteiger partial charge in [0.05, 0.1) is 13.0 Å². The molecule has 1 aromatic rings. The first-order valence-corrected chi connectivity index (χ1v) is 7.76. The van der Waals surface area contributed by atoms with Crippen molar-refractivity contribution in [2.75, 3.05) is 19.8 Å². The molecule has 116 valence electrons. The molecule has 1 amide bonds. The Morgan fingerprint density at radius 3 is 2.71 bits per heavy atom. The lowest BCUT2D eigenvalue weighted by atomic mass is 9.97. The van der Waals surface area contributed by atoms with E-state index in [0.717, 1.165) is 25.0 Å². The molecule has 21 heavy (non-hydrogen) atoms. The molecule has 4 nitrogen and oxygen atoms in total. The number of aliphatic hydroxyl groups is 1. The van der Waals surface area contributed by atoms with Crippen LogP contribution in [0, 0.1) is 18.8 Å². The van der Waals surface area contributed by atoms with Crippen molar-refractivity contribution in [3.8, 4) is 5.75 Å². The maximum Gasteiger partial charge on any atom is 0.223 e. The van der Waals surface area contributed by atoms with Crippen LogP contribution < -0.4 is 10.1 Å². The zero-order chi connectivity index (χ0) is 15.1. The van der Waals surface area contributed by atoms with Crippen molar-refractivity contribution >= 4 is 5.91 Å². The third kappa shape index (κ3) is 5.05. The van der Waals surface area contributed by atoms with Gasteiger partial charge in [-0.3, -0.25) is 4.79 Å². The molecule has 0 bridgehead atoms. The summed E-state index contributed by atoms with van der Waals surface area (Å²) in [5, 5.41) is 12.2. The van der Waals surface area contributed by atoms with E-state index in [1.807, 2.05) is 31.2 Å². The average Bonchev–Trinajstić information content (AvgIpc) is 2.95. The second kappa shape index (κ2) is 8.03. The molecule has 1 aromatic carbocycles. The van der Waals surface area contributed by atoms with Gasteiger partial charge in [0, 0.05) is 13.2 Å². The van der Waals surface area contributed by atoms with Gasteiger partial charge in [-0.15, -0.1) is 0 Å². The number of nitrogens with one attached hydrogen (secondary N) is 1. The normalized spacial score (nSPS) is 21.2. The SMILES string of the molecule is Cc1ccc(OCCC(=O)NCC2CCCC2CO)cc1. The predicted molar refractivity (Wildman–Crippen MR) is 82.2 cm³/mol. The number of benzene rings is 1. The highest BCUT2D eigenvalue weighted by Gasteiger charge is 2.26. The Bertz CT molecular complexity index is 444. The molecule has 1 fully saturated rings. The molecule has 1 saturated carbocycles. The number of carbonyl (C=O) groups excluding carboxylic acids is 1. The van der Waals surface area contributed by atoms with Crippen molar-refractivity contribution < 1.29 is 14.6 Å². The maximum absolute atomic E-state index is 11.8. The summed E-state index contributed by atoms with van der Waals surface area (Å²) in [4.78, 5) is 11.8. The van der Waals surface area contributed by atoms with Crippen LogP contribution in [-0.2, 0) is 4.79 Å². The highest BCUT2D eigenvalue weighted by atomic mass is 16.5. The van der Waals surface area contributed by atoms with Gasteiger partial charge in [0.2, 0.25) is 5.91 Å². The number of carbonyl (C=O) groups is 1. The van der Waals surface area contributed by atoms with Crippen molar-refractivity contribution in [3.63, 3.8) is 0 Å². The Hall–Kier alpha value is -1.55. The fraction of sp³-hybridized carbons (Fsp3) is 0.588. The van der Waals surface area contributed by atoms with Crippen LogP contribution >= 0.6 is 0 Å². The number of rotatable bonds is 7. The monoisotopic (exact) mass is 291 g/mol. The van der Waals surface area contributed by atoms with Crippen molar-refractivity contribution in [1.82, 2.24) is 5.32 Å². The summed E-state index contributed by atoms with van der Waals surface area (Å²) in [7, 11) is 0. The van der Waals surface area contributed by atoms with Gasteiger partial charge in [-0.1, -0.05) is 24.1 Å². The lowest BCUT2D eigenvalue weighted by Gasteiger charge is -2.17. The molecular weight excluding hydrogens is 266 g/mol. The second-order valence-corrected chi connectivity index (χ2v) is 5.85. The van der Waals surface area contributed by atoms with E-state index in [4.69, 9.17) is 4.74 Å². The Labute approximate surface area is 126 Å². The summed E-state index contributed by atoms with van der Waals surface area (Å²) in [6.45, 7) is 3.33. The third-order valence-corrected chi connectivity index (χ3v) is 4.23. The zero-order valence-corrected chi connectivity index (χ0v) is 12.7. The van der Waals surface area contributed by atoms with Crippen LogP contribution in [0.2, 0.25) is 0 Å². The molecule has 4 heteroatoms. The average molecular weight is 291 g/mol. The van der Waals surface area contributed by atoms with E-state index in [1.54, 1.807) is 0 Å². The fourth-order valence-corrected chi connectivity index (χ4v) is 2.85. The standard InChI is InChI=1S/C17H25NO3/c1-13-5-7-16(8-6-13)21-10-9-17(20)18-11-14-3-2-4-15(14)12-19/h5-8,14-15,19H,2-4,9-12H2,1H3,(H,18,20). The van der Waals surface area contributed by atoms with Crippen LogP contribution in [0.4, 0.5) is 0 Å². The first kappa shape index (κ1) is 15.8. The summed E-state index contributed by atoms with van der Waals surface area (Å²) in [6, 6.07) is 7.81. The van der Waals surface area contributed by atoms with E-state index in [2.05, 4.69) is 5.32 Å². The molecule has 1 aliphatic carbocycles. The number of hydrogen-bond acceptors (Lipinski definition) is 3. The summed E-state index contributed by atoms with van der Waals surface area (Å²) >= 11 is 0. The molecule has 2 unspecified atom stereocenters. The van der Waals surface area contributed by atoms with Crippen molar-refractivity contribution in [1.29, 1.82) is 0 Å². The topological polar surface area (TPSA) is 58.6 Å². The van der Waals surface area contributed by atoms with E-state index in [9.17, 15) is 9.90 Å². The minimum atomic E-state index is 0.0192. The minimum absolute atomic E-state index is 0.0192. The molecule has 0 heterocycles. The number of aryl methyl sites for hydroxylation is 1. The lowest BCUT2D eigenvalue weighted by molar-refractivity contribution is -0.121. The van der Waals surface area contributed by atoms with Crippen LogP contribution in [-0.4, -0.2) is 30.8 Å². The number of aliphatic hydroxyl groups excluding tert-OH is 1. The third-order valence-electron chi connectivity index (χ3n) is 4.23. The highest BCUT2D eigenvalue weighted by Crippen LogP contribution is 2.30. The number of hydrogen-bond donors (Lipinski definition) is 2. The maximum atomic E-state index is 11.8. The smallest absolute Gasteiger partial charge is 0.223 e. The van der Waals surface area contributed by atoms with E-state index >= 15 is 0 Å². The molecular formula is C17H25NO3. The Morgan fingerprint density at radius 2 is 2.00 bits per heavy atom. The summed E-state index contributed by atoms with van der Waals surface area (Å²) in [5.74, 6) is 1.60. The van der Waals surface area contributed by atoms with Crippen molar-refractivity contribution in [2.45, 2.75) is 32.6 Å². The first-order valence-electron chi connectivity index (χ1n) is 7.76. The van der Waals surface area contributed by atoms with E-state index < -0.39 is 0 Å². The molecule has 2 rings (SSSR count). The van der Waals surface area contributed by atoms with Gasteiger partial charge in [0.1, 0.15) is 5.75 Å². The van der Waals surface area contributed by atoms with Crippen LogP contribution in [0.5, 0.6) is 5.75 Å². The molecule has 2 atom stereocenters. The van der Waals surface area contributed by atoms with E-state index in [1.165, 1.54) is 5.56 Å². The first-order chi connectivity index (χ1) is 10.2. The highest BCUT2D eigenvalue weighted by molar-refractivity contribution is 5.75. The number of ether oxygens (including phenoxy) is 1. The van der Waals surface area contributed by atoms with Gasteiger partial charge < -0.3 is 15.2 Å². The zero-order valence-electron chi connectivity index (χ0n) is 12.7. The summed E-state index contributed by atoms with van der Waals surface area (Å²) in [6.07, 6.45) is 3.70. The van der Waals surface area contributed by atoms with Crippen LogP contribution in [0.3, 0.4) is 0 Å². The van der Waals surface area contributed by atoms with Gasteiger partial charge in [0.25, 0.3) is 0 Å². The molecule has 0 spiro atoms. The van der Waals surface area contributed by atoms with Gasteiger partial charge in [-0.05, 0) is 43.7 Å². The van der Waals surface area contributed by atoms with Crippen molar-refractivity contribution in [3.05, 3.63) is 29.8 Å². The van der Waals surface area contributed by atoms with Crippen LogP contribution in [0.15, 0.2) is 24.3 Å². The van der Waals surface area contributed by atoms with E-state index in [0.29, 0.717) is 31.4 Å². The largest absolute Gasteiger partial charge is 0.493 e. The minimum Gasteiger partial charge on any atom is -0.493 e. The molecule has 0 aliphatic heterocycles. The molecule has 0 saturated heterocycles. The summed E-state index contributed by atoms with van der Waals surface area (Å²) in [5.41, 5.74) is 1.19. The molecule has 1 aliphatic rings. The predicted octanol–water partition coefficient (Wildman–Crippen LogP) is 2.29. The van der Waals surface area contributed by atoms with E-state index in [-0.39, 0.29) is 12.5 Å². The van der Waals surface area contributed by atoms with Crippen LogP contribution in [0.1, 0.15) is 31.2 Å². The van der Waals surface area contributed by atoms with Gasteiger partial charge >= 0.3 is 0 Å². The fourth-order valence-electron chi connectivity index (χ4n) is 2.85. The van der Waals surface area contributed by atoms with Gasteiger partial charge in [-0.25, -0.2) is 0 Å². The Kier molecular flexibility index (Phi) is 6.05.